The summed E-state index contributed by atoms with van der Waals surface area (Å²) in [6, 6.07) is 44.8. The summed E-state index contributed by atoms with van der Waals surface area (Å²) in [5, 5.41) is 7.70. The minimum Gasteiger partial charge on any atom is -0.460 e. The lowest BCUT2D eigenvalue weighted by molar-refractivity contribution is -0.157. The molecule has 0 unspecified atom stereocenters. The summed E-state index contributed by atoms with van der Waals surface area (Å²) >= 11 is 0. The highest BCUT2D eigenvalue weighted by Crippen LogP contribution is 2.43. The highest BCUT2D eigenvalue weighted by molar-refractivity contribution is 6.45. The number of esters is 1. The third kappa shape index (κ3) is 9.49. The van der Waals surface area contributed by atoms with Gasteiger partial charge in [-0.25, -0.2) is 4.39 Å². The van der Waals surface area contributed by atoms with Crippen LogP contribution in [0.1, 0.15) is 81.4 Å². The molecule has 1 N–H and O–H groups in total. The van der Waals surface area contributed by atoms with E-state index >= 15 is 0 Å². The first kappa shape index (κ1) is 41.7. The largest absolute Gasteiger partial charge is 0.461 e. The first-order valence-electron chi connectivity index (χ1n) is 21.3. The van der Waals surface area contributed by atoms with Crippen molar-refractivity contribution < 1.29 is 28.0 Å². The SMILES string of the molecule is CC(C)c1c(C(=O)Nc2ccccc2)c(-c2ccccc2)c(-c2ccc(F)cc2)n1CC[C@@H]1C[C@H](CC(=O)OC(C)(C)C)OB(Cc2c3ccccc3cc3ccccc23)O1. The van der Waals surface area contributed by atoms with Crippen LogP contribution in [0.2, 0.25) is 0 Å². The number of anilines is 1. The third-order valence-corrected chi connectivity index (χ3v) is 11.2. The van der Waals surface area contributed by atoms with Crippen molar-refractivity contribution in [2.24, 2.45) is 0 Å². The predicted molar refractivity (Wildman–Crippen MR) is 244 cm³/mol. The fraction of sp³-hybridized carbons (Fsp3) is 0.269. The van der Waals surface area contributed by atoms with Gasteiger partial charge in [0.2, 0.25) is 0 Å². The average Bonchev–Trinajstić information content (AvgIpc) is 3.59. The second-order valence-electron chi connectivity index (χ2n) is 17.2. The van der Waals surface area contributed by atoms with Crippen molar-refractivity contribution >= 4 is 46.2 Å². The van der Waals surface area contributed by atoms with Crippen LogP contribution < -0.4 is 5.32 Å². The number of carbonyl (C=O) groups excluding carboxylic acids is 2. The molecule has 6 aromatic carbocycles. The highest BCUT2D eigenvalue weighted by Gasteiger charge is 2.38. The maximum Gasteiger partial charge on any atom is 0.461 e. The van der Waals surface area contributed by atoms with Gasteiger partial charge in [-0.1, -0.05) is 111 Å². The smallest absolute Gasteiger partial charge is 0.460 e. The molecule has 1 amide bonds. The van der Waals surface area contributed by atoms with Crippen molar-refractivity contribution in [1.29, 1.82) is 0 Å². The van der Waals surface area contributed by atoms with Gasteiger partial charge in [-0.15, -0.1) is 0 Å². The zero-order valence-electron chi connectivity index (χ0n) is 35.5. The molecule has 0 aliphatic carbocycles. The second kappa shape index (κ2) is 17.9. The lowest BCUT2D eigenvalue weighted by Gasteiger charge is -2.35. The Balaban J connectivity index is 1.20. The molecule has 7 aromatic rings. The first-order valence-corrected chi connectivity index (χ1v) is 21.3. The van der Waals surface area contributed by atoms with Crippen molar-refractivity contribution in [1.82, 2.24) is 4.57 Å². The van der Waals surface area contributed by atoms with Crippen molar-refractivity contribution in [2.75, 3.05) is 5.32 Å². The van der Waals surface area contributed by atoms with Gasteiger partial charge in [-0.2, -0.15) is 0 Å². The summed E-state index contributed by atoms with van der Waals surface area (Å²) < 4.78 is 36.2. The molecule has 8 rings (SSSR count). The Morgan fingerprint density at radius 2 is 1.38 bits per heavy atom. The van der Waals surface area contributed by atoms with Crippen molar-refractivity contribution in [2.45, 2.75) is 90.5 Å². The molecular weight excluding hydrogens is 762 g/mol. The van der Waals surface area contributed by atoms with Gasteiger partial charge in [0.25, 0.3) is 5.91 Å². The number of fused-ring (bicyclic) bond motifs is 2. The van der Waals surface area contributed by atoms with Crippen LogP contribution >= 0.6 is 0 Å². The molecule has 2 heterocycles. The van der Waals surface area contributed by atoms with E-state index in [-0.39, 0.29) is 36.1 Å². The Labute approximate surface area is 358 Å². The third-order valence-electron chi connectivity index (χ3n) is 11.2. The van der Waals surface area contributed by atoms with E-state index in [0.717, 1.165) is 55.2 Å². The minimum atomic E-state index is -0.640. The van der Waals surface area contributed by atoms with E-state index in [1.165, 1.54) is 12.1 Å². The second-order valence-corrected chi connectivity index (χ2v) is 17.2. The molecule has 1 fully saturated rings. The lowest BCUT2D eigenvalue weighted by atomic mass is 9.75. The molecule has 0 saturated carbocycles. The van der Waals surface area contributed by atoms with Gasteiger partial charge in [0.15, 0.2) is 0 Å². The number of hydrogen-bond acceptors (Lipinski definition) is 5. The maximum absolute atomic E-state index is 14.7. The summed E-state index contributed by atoms with van der Waals surface area (Å²) in [6.07, 6.45) is 0.844. The van der Waals surface area contributed by atoms with Crippen LogP contribution in [0.5, 0.6) is 0 Å². The first-order chi connectivity index (χ1) is 29.4. The summed E-state index contributed by atoms with van der Waals surface area (Å²) in [6.45, 7) is 10.3. The topological polar surface area (TPSA) is 78.8 Å². The Morgan fingerprint density at radius 1 is 0.787 bits per heavy atom. The van der Waals surface area contributed by atoms with E-state index in [1.54, 1.807) is 12.1 Å². The van der Waals surface area contributed by atoms with Gasteiger partial charge < -0.3 is 23.9 Å². The number of benzene rings is 6. The van der Waals surface area contributed by atoms with Gasteiger partial charge in [0.1, 0.15) is 11.4 Å². The van der Waals surface area contributed by atoms with Gasteiger partial charge in [0.05, 0.1) is 23.8 Å². The summed E-state index contributed by atoms with van der Waals surface area (Å²) in [5.74, 6) is -0.958. The highest BCUT2D eigenvalue weighted by atomic mass is 19.1. The van der Waals surface area contributed by atoms with Gasteiger partial charge in [0, 0.05) is 35.9 Å². The van der Waals surface area contributed by atoms with Crippen molar-refractivity contribution in [3.63, 3.8) is 0 Å². The van der Waals surface area contributed by atoms with E-state index in [0.29, 0.717) is 37.0 Å². The molecule has 1 aliphatic heterocycles. The molecule has 310 valence electrons. The standard InChI is InChI=1S/C52H52BFN2O5/c1-34(2)49-48(51(58)55-40-20-10-7-11-21-40)47(35-16-8-6-9-17-35)50(36-24-26-39(54)27-25-36)56(49)29-28-41-31-42(32-46(57)59-52(3,4)5)61-53(60-41)33-45-43-22-14-12-18-37(43)30-38-19-13-15-23-44(38)45/h6-27,30,34,41-42H,28-29,31-33H2,1-5H3,(H,55,58)/t41-,42-/m1/s1. The van der Waals surface area contributed by atoms with Crippen LogP contribution in [0, 0.1) is 5.82 Å². The van der Waals surface area contributed by atoms with E-state index in [9.17, 15) is 14.0 Å². The van der Waals surface area contributed by atoms with Crippen LogP contribution in [-0.4, -0.2) is 41.4 Å². The number of aromatic nitrogens is 1. The van der Waals surface area contributed by atoms with E-state index in [4.69, 9.17) is 14.0 Å². The molecule has 0 bridgehead atoms. The fourth-order valence-corrected chi connectivity index (χ4v) is 8.82. The molecule has 61 heavy (non-hydrogen) atoms. The monoisotopic (exact) mass is 814 g/mol. The number of halogens is 1. The summed E-state index contributed by atoms with van der Waals surface area (Å²) in [5.41, 5.74) is 5.88. The predicted octanol–water partition coefficient (Wildman–Crippen LogP) is 12.2. The molecule has 7 nitrogen and oxygen atoms in total. The zero-order chi connectivity index (χ0) is 42.7. The molecule has 1 aliphatic rings. The van der Waals surface area contributed by atoms with Crippen LogP contribution in [0.4, 0.5) is 10.1 Å². The Bertz CT molecular complexity index is 2600. The summed E-state index contributed by atoms with van der Waals surface area (Å²) in [7, 11) is -0.640. The Morgan fingerprint density at radius 3 is 2.00 bits per heavy atom. The maximum atomic E-state index is 14.7. The number of amides is 1. The lowest BCUT2D eigenvalue weighted by Crippen LogP contribution is -2.44. The number of para-hydroxylation sites is 1. The van der Waals surface area contributed by atoms with Crippen molar-refractivity contribution in [3.05, 3.63) is 162 Å². The van der Waals surface area contributed by atoms with Gasteiger partial charge in [-0.3, -0.25) is 9.59 Å². The number of hydrogen-bond donors (Lipinski definition) is 1. The Hall–Kier alpha value is -6.03. The molecule has 0 spiro atoms. The van der Waals surface area contributed by atoms with Gasteiger partial charge >= 0.3 is 13.1 Å². The number of nitrogens with one attached hydrogen (secondary N) is 1. The van der Waals surface area contributed by atoms with Crippen LogP contribution in [0.15, 0.2) is 140 Å². The minimum absolute atomic E-state index is 0.0731. The Kier molecular flexibility index (Phi) is 12.2. The van der Waals surface area contributed by atoms with Crippen LogP contribution in [0.3, 0.4) is 0 Å². The molecule has 1 saturated heterocycles. The molecule has 0 radical (unpaired) electrons. The van der Waals surface area contributed by atoms with Gasteiger partial charge in [-0.05, 0) is 120 Å². The van der Waals surface area contributed by atoms with E-state index in [2.05, 4.69) is 66.2 Å². The van der Waals surface area contributed by atoms with Crippen LogP contribution in [0.25, 0.3) is 43.9 Å². The normalized spacial score (nSPS) is 15.7. The molecule has 9 heteroatoms. The number of ether oxygens (including phenoxy) is 1. The summed E-state index contributed by atoms with van der Waals surface area (Å²) in [4.78, 5) is 28.0. The van der Waals surface area contributed by atoms with E-state index < -0.39 is 18.8 Å². The van der Waals surface area contributed by atoms with Crippen molar-refractivity contribution in [3.8, 4) is 22.4 Å². The quantitative estimate of drug-likeness (QED) is 0.0755. The number of carbonyl (C=O) groups is 2. The van der Waals surface area contributed by atoms with E-state index in [1.807, 2.05) is 93.6 Å². The number of rotatable bonds is 12. The fourth-order valence-electron chi connectivity index (χ4n) is 8.82. The molecular formula is C52H52BFN2O5. The zero-order valence-corrected chi connectivity index (χ0v) is 35.5. The molecule has 1 aromatic heterocycles. The van der Waals surface area contributed by atoms with Crippen LogP contribution in [-0.2, 0) is 31.7 Å². The average molecular weight is 815 g/mol. The molecule has 2 atom stereocenters. The number of nitrogens with zero attached hydrogens (tertiary/aromatic N) is 1.